The van der Waals surface area contributed by atoms with Gasteiger partial charge in [0.15, 0.2) is 0 Å². The number of amides is 1. The monoisotopic (exact) mass is 478 g/mol. The van der Waals surface area contributed by atoms with Crippen molar-refractivity contribution in [1.82, 2.24) is 4.90 Å². The van der Waals surface area contributed by atoms with E-state index in [0.29, 0.717) is 17.8 Å². The summed E-state index contributed by atoms with van der Waals surface area (Å²) in [5.74, 6) is -0.169. The second kappa shape index (κ2) is 8.46. The molecule has 5 nitrogen and oxygen atoms in total. The molecule has 0 aliphatic rings. The van der Waals surface area contributed by atoms with Gasteiger partial charge in [0, 0.05) is 27.6 Å². The second-order valence-corrected chi connectivity index (χ2v) is 9.93. The largest absolute Gasteiger partial charge is 0.337 e. The summed E-state index contributed by atoms with van der Waals surface area (Å²) in [6, 6.07) is 14.9. The molecular weight excluding hydrogens is 460 g/mol. The predicted octanol–water partition coefficient (Wildman–Crippen LogP) is 4.89. The van der Waals surface area contributed by atoms with Crippen molar-refractivity contribution < 1.29 is 13.2 Å². The summed E-state index contributed by atoms with van der Waals surface area (Å²) in [5, 5.41) is 2.00. The highest BCUT2D eigenvalue weighted by atomic mass is 79.9. The predicted molar refractivity (Wildman–Crippen MR) is 116 cm³/mol. The SMILES string of the molecule is Cc1ccsc1CN(C)C(=O)c1cccc(NS(=O)(=O)c2ccc(Br)cc2)c1. The minimum Gasteiger partial charge on any atom is -0.337 e. The molecule has 28 heavy (non-hydrogen) atoms. The maximum atomic E-state index is 12.8. The lowest BCUT2D eigenvalue weighted by atomic mass is 10.1. The lowest BCUT2D eigenvalue weighted by Gasteiger charge is -2.17. The Bertz CT molecular complexity index is 1090. The molecule has 0 aliphatic heterocycles. The normalized spacial score (nSPS) is 11.2. The number of carbonyl (C=O) groups is 1. The molecule has 0 aliphatic carbocycles. The number of hydrogen-bond donors (Lipinski definition) is 1. The number of sulfonamides is 1. The van der Waals surface area contributed by atoms with Gasteiger partial charge in [0.05, 0.1) is 11.4 Å². The smallest absolute Gasteiger partial charge is 0.261 e. The van der Waals surface area contributed by atoms with Gasteiger partial charge in [0.25, 0.3) is 15.9 Å². The third kappa shape index (κ3) is 4.81. The molecule has 1 N–H and O–H groups in total. The van der Waals surface area contributed by atoms with Crippen LogP contribution in [0.15, 0.2) is 69.3 Å². The summed E-state index contributed by atoms with van der Waals surface area (Å²) in [5.41, 5.74) is 1.92. The Hall–Kier alpha value is -2.16. The van der Waals surface area contributed by atoms with Gasteiger partial charge in [-0.3, -0.25) is 9.52 Å². The molecule has 8 heteroatoms. The first-order chi connectivity index (χ1) is 13.3. The fourth-order valence-electron chi connectivity index (χ4n) is 2.62. The minimum absolute atomic E-state index is 0.151. The van der Waals surface area contributed by atoms with E-state index in [9.17, 15) is 13.2 Å². The average Bonchev–Trinajstić information content (AvgIpc) is 3.06. The molecule has 0 radical (unpaired) electrons. The topological polar surface area (TPSA) is 66.5 Å². The number of thiophene rings is 1. The van der Waals surface area contributed by atoms with Crippen LogP contribution in [0.25, 0.3) is 0 Å². The Morgan fingerprint density at radius 1 is 1.14 bits per heavy atom. The highest BCUT2D eigenvalue weighted by Crippen LogP contribution is 2.21. The van der Waals surface area contributed by atoms with Gasteiger partial charge >= 0.3 is 0 Å². The lowest BCUT2D eigenvalue weighted by molar-refractivity contribution is 0.0786. The van der Waals surface area contributed by atoms with Crippen LogP contribution in [-0.4, -0.2) is 26.3 Å². The number of nitrogens with one attached hydrogen (secondary N) is 1. The highest BCUT2D eigenvalue weighted by Gasteiger charge is 2.17. The minimum atomic E-state index is -3.73. The van der Waals surface area contributed by atoms with Crippen molar-refractivity contribution in [2.45, 2.75) is 18.4 Å². The van der Waals surface area contributed by atoms with Crippen molar-refractivity contribution in [2.24, 2.45) is 0 Å². The number of nitrogens with zero attached hydrogens (tertiary/aromatic N) is 1. The van der Waals surface area contributed by atoms with Crippen LogP contribution in [0.4, 0.5) is 5.69 Å². The standard InChI is InChI=1S/C20H19BrN2O3S2/c1-14-10-11-27-19(14)13-23(2)20(24)15-4-3-5-17(12-15)22-28(25,26)18-8-6-16(21)7-9-18/h3-12,22H,13H2,1-2H3. The highest BCUT2D eigenvalue weighted by molar-refractivity contribution is 9.10. The van der Waals surface area contributed by atoms with Gasteiger partial charge in [0.1, 0.15) is 0 Å². The van der Waals surface area contributed by atoms with Crippen molar-refractivity contribution in [2.75, 3.05) is 11.8 Å². The summed E-state index contributed by atoms with van der Waals surface area (Å²) in [4.78, 5) is 15.7. The van der Waals surface area contributed by atoms with E-state index in [-0.39, 0.29) is 10.8 Å². The van der Waals surface area contributed by atoms with Crippen LogP contribution < -0.4 is 4.72 Å². The molecule has 2 aromatic carbocycles. The molecule has 3 rings (SSSR count). The lowest BCUT2D eigenvalue weighted by Crippen LogP contribution is -2.26. The number of anilines is 1. The van der Waals surface area contributed by atoms with E-state index in [1.807, 2.05) is 18.4 Å². The molecule has 3 aromatic rings. The fraction of sp³-hybridized carbons (Fsp3) is 0.150. The second-order valence-electron chi connectivity index (χ2n) is 6.33. The number of halogens is 1. The van der Waals surface area contributed by atoms with Crippen LogP contribution in [0.1, 0.15) is 20.8 Å². The van der Waals surface area contributed by atoms with Crippen molar-refractivity contribution in [3.63, 3.8) is 0 Å². The van der Waals surface area contributed by atoms with Gasteiger partial charge in [-0.05, 0) is 66.4 Å². The molecule has 0 unspecified atom stereocenters. The van der Waals surface area contributed by atoms with Crippen LogP contribution in [0.2, 0.25) is 0 Å². The van der Waals surface area contributed by atoms with Gasteiger partial charge in [-0.1, -0.05) is 22.0 Å². The Balaban J connectivity index is 1.77. The van der Waals surface area contributed by atoms with Crippen LogP contribution in [0.5, 0.6) is 0 Å². The molecule has 0 bridgehead atoms. The van der Waals surface area contributed by atoms with E-state index >= 15 is 0 Å². The zero-order valence-corrected chi connectivity index (χ0v) is 18.6. The zero-order chi connectivity index (χ0) is 20.3. The van der Waals surface area contributed by atoms with Gasteiger partial charge < -0.3 is 4.90 Å². The number of benzene rings is 2. The molecule has 1 aromatic heterocycles. The summed E-state index contributed by atoms with van der Waals surface area (Å²) < 4.78 is 28.4. The first-order valence-electron chi connectivity index (χ1n) is 8.43. The van der Waals surface area contributed by atoms with E-state index in [4.69, 9.17) is 0 Å². The fourth-order valence-corrected chi connectivity index (χ4v) is 4.89. The molecule has 146 valence electrons. The molecule has 0 saturated carbocycles. The maximum absolute atomic E-state index is 12.8. The van der Waals surface area contributed by atoms with Gasteiger partial charge in [0.2, 0.25) is 0 Å². The first-order valence-corrected chi connectivity index (χ1v) is 11.6. The number of carbonyl (C=O) groups excluding carboxylic acids is 1. The number of aryl methyl sites for hydroxylation is 1. The zero-order valence-electron chi connectivity index (χ0n) is 15.3. The van der Waals surface area contributed by atoms with E-state index in [0.717, 1.165) is 14.9 Å². The van der Waals surface area contributed by atoms with E-state index < -0.39 is 10.0 Å². The van der Waals surface area contributed by atoms with Crippen molar-refractivity contribution >= 4 is 48.9 Å². The third-order valence-electron chi connectivity index (χ3n) is 4.18. The van der Waals surface area contributed by atoms with Gasteiger partial charge in [-0.25, -0.2) is 8.42 Å². The molecule has 0 atom stereocenters. The van der Waals surface area contributed by atoms with Crippen LogP contribution in [0.3, 0.4) is 0 Å². The van der Waals surface area contributed by atoms with Crippen molar-refractivity contribution in [3.05, 3.63) is 80.5 Å². The third-order valence-corrected chi connectivity index (χ3v) is 7.11. The molecule has 1 amide bonds. The Morgan fingerprint density at radius 3 is 2.50 bits per heavy atom. The summed E-state index contributed by atoms with van der Waals surface area (Å²) in [6.45, 7) is 2.53. The Morgan fingerprint density at radius 2 is 1.86 bits per heavy atom. The van der Waals surface area contributed by atoms with E-state index in [1.165, 1.54) is 12.1 Å². The van der Waals surface area contributed by atoms with Crippen LogP contribution in [-0.2, 0) is 16.6 Å². The molecule has 1 heterocycles. The first kappa shape index (κ1) is 20.6. The number of rotatable bonds is 6. The Kier molecular flexibility index (Phi) is 6.22. The molecular formula is C20H19BrN2O3S2. The van der Waals surface area contributed by atoms with E-state index in [2.05, 4.69) is 20.7 Å². The molecule has 0 fully saturated rings. The summed E-state index contributed by atoms with van der Waals surface area (Å²) in [7, 11) is -2.00. The summed E-state index contributed by atoms with van der Waals surface area (Å²) >= 11 is 4.90. The maximum Gasteiger partial charge on any atom is 0.261 e. The number of hydrogen-bond acceptors (Lipinski definition) is 4. The molecule has 0 saturated heterocycles. The quantitative estimate of drug-likeness (QED) is 0.548. The Labute approximate surface area is 177 Å². The van der Waals surface area contributed by atoms with Crippen LogP contribution in [0, 0.1) is 6.92 Å². The van der Waals surface area contributed by atoms with Crippen molar-refractivity contribution in [3.8, 4) is 0 Å². The summed E-state index contributed by atoms with van der Waals surface area (Å²) in [6.07, 6.45) is 0. The van der Waals surface area contributed by atoms with Crippen molar-refractivity contribution in [1.29, 1.82) is 0 Å². The van der Waals surface area contributed by atoms with E-state index in [1.54, 1.807) is 59.7 Å². The molecule has 0 spiro atoms. The van der Waals surface area contributed by atoms with Gasteiger partial charge in [-0.15, -0.1) is 11.3 Å². The average molecular weight is 479 g/mol. The van der Waals surface area contributed by atoms with Gasteiger partial charge in [-0.2, -0.15) is 0 Å². The van der Waals surface area contributed by atoms with Crippen LogP contribution >= 0.6 is 27.3 Å².